The summed E-state index contributed by atoms with van der Waals surface area (Å²) in [7, 11) is 0. The molecule has 2 bridgehead atoms. The van der Waals surface area contributed by atoms with Crippen molar-refractivity contribution in [3.63, 3.8) is 0 Å². The van der Waals surface area contributed by atoms with Crippen LogP contribution >= 0.6 is 11.3 Å². The van der Waals surface area contributed by atoms with Gasteiger partial charge in [-0.15, -0.1) is 11.3 Å². The second kappa shape index (κ2) is 5.28. The Kier molecular flexibility index (Phi) is 3.66. The Morgan fingerprint density at radius 1 is 1.42 bits per heavy atom. The lowest BCUT2D eigenvalue weighted by atomic mass is 9.84. The van der Waals surface area contributed by atoms with E-state index in [0.29, 0.717) is 12.0 Å². The predicted octanol–water partition coefficient (Wildman–Crippen LogP) is 3.87. The van der Waals surface area contributed by atoms with Crippen LogP contribution in [0, 0.1) is 17.8 Å². The highest BCUT2D eigenvalue weighted by Crippen LogP contribution is 2.49. The molecule has 2 saturated carbocycles. The van der Waals surface area contributed by atoms with E-state index in [1.54, 1.807) is 11.3 Å². The zero-order valence-corrected chi connectivity index (χ0v) is 12.6. The lowest BCUT2D eigenvalue weighted by molar-refractivity contribution is 0.0919. The summed E-state index contributed by atoms with van der Waals surface area (Å²) in [5, 5.41) is 3.23. The van der Waals surface area contributed by atoms with Crippen molar-refractivity contribution < 1.29 is 4.79 Å². The number of fused-ring (bicyclic) bond motifs is 2. The van der Waals surface area contributed by atoms with E-state index in [9.17, 15) is 4.79 Å². The number of hydrogen-bond donors (Lipinski definition) is 1. The maximum Gasteiger partial charge on any atom is 0.261 e. The summed E-state index contributed by atoms with van der Waals surface area (Å²) in [4.78, 5) is 14.4. The molecule has 0 radical (unpaired) electrons. The van der Waals surface area contributed by atoms with E-state index in [2.05, 4.69) is 25.2 Å². The summed E-state index contributed by atoms with van der Waals surface area (Å²) >= 11 is 1.63. The fraction of sp³-hybridized carbons (Fsp3) is 0.688. The number of nitrogens with one attached hydrogen (secondary N) is 1. The molecule has 1 aromatic heterocycles. The van der Waals surface area contributed by atoms with Crippen LogP contribution in [0.15, 0.2) is 12.1 Å². The van der Waals surface area contributed by atoms with Gasteiger partial charge in [-0.1, -0.05) is 13.3 Å². The van der Waals surface area contributed by atoms with Gasteiger partial charge in [0.1, 0.15) is 0 Å². The molecule has 0 aliphatic heterocycles. The molecular formula is C16H23NOS. The number of carbonyl (C=O) groups is 1. The van der Waals surface area contributed by atoms with Gasteiger partial charge >= 0.3 is 0 Å². The summed E-state index contributed by atoms with van der Waals surface area (Å²) in [6.07, 6.45) is 6.56. The standard InChI is InChI=1S/C16H23NOS/c1-3-13-6-7-15(19-13)16(18)17-10(2)14-9-11-4-5-12(14)8-11/h6-7,10-12,14H,3-5,8-9H2,1-2H3,(H,17,18)/t10-,11-,12-,14+/m0/s1. The lowest BCUT2D eigenvalue weighted by Gasteiger charge is -2.28. The molecular weight excluding hydrogens is 254 g/mol. The molecule has 2 fully saturated rings. The second-order valence-corrected chi connectivity index (χ2v) is 7.39. The number of carbonyl (C=O) groups excluding carboxylic acids is 1. The zero-order chi connectivity index (χ0) is 13.4. The summed E-state index contributed by atoms with van der Waals surface area (Å²) in [6, 6.07) is 4.36. The molecule has 2 aliphatic carbocycles. The third kappa shape index (κ3) is 2.58. The largest absolute Gasteiger partial charge is 0.349 e. The maximum absolute atomic E-state index is 12.2. The van der Waals surface area contributed by atoms with E-state index in [0.717, 1.165) is 23.1 Å². The zero-order valence-electron chi connectivity index (χ0n) is 11.8. The first-order valence-corrected chi connectivity index (χ1v) is 8.38. The third-order valence-electron chi connectivity index (χ3n) is 5.03. The predicted molar refractivity (Wildman–Crippen MR) is 79.6 cm³/mol. The summed E-state index contributed by atoms with van der Waals surface area (Å²) in [6.45, 7) is 4.32. The minimum atomic E-state index is 0.125. The first-order valence-electron chi connectivity index (χ1n) is 7.57. The summed E-state index contributed by atoms with van der Waals surface area (Å²) < 4.78 is 0. The second-order valence-electron chi connectivity index (χ2n) is 6.22. The summed E-state index contributed by atoms with van der Waals surface area (Å²) in [5.41, 5.74) is 0. The van der Waals surface area contributed by atoms with Gasteiger partial charge in [0.2, 0.25) is 0 Å². The molecule has 1 aromatic rings. The Balaban J connectivity index is 1.60. The van der Waals surface area contributed by atoms with Gasteiger partial charge in [-0.3, -0.25) is 4.79 Å². The fourth-order valence-electron chi connectivity index (χ4n) is 3.98. The number of thiophene rings is 1. The van der Waals surface area contributed by atoms with Crippen LogP contribution in [0.2, 0.25) is 0 Å². The van der Waals surface area contributed by atoms with Gasteiger partial charge < -0.3 is 5.32 Å². The number of amides is 1. The van der Waals surface area contributed by atoms with E-state index in [1.165, 1.54) is 30.6 Å². The smallest absolute Gasteiger partial charge is 0.261 e. The molecule has 0 saturated heterocycles. The normalized spacial score (nSPS) is 30.5. The first kappa shape index (κ1) is 13.2. The molecule has 4 atom stereocenters. The average Bonchev–Trinajstić information content (AvgIpc) is 3.13. The topological polar surface area (TPSA) is 29.1 Å². The van der Waals surface area contributed by atoms with Crippen LogP contribution in [0.5, 0.6) is 0 Å². The Morgan fingerprint density at radius 3 is 2.84 bits per heavy atom. The van der Waals surface area contributed by atoms with E-state index < -0.39 is 0 Å². The minimum absolute atomic E-state index is 0.125. The van der Waals surface area contributed by atoms with Crippen molar-refractivity contribution >= 4 is 17.2 Å². The molecule has 0 aromatic carbocycles. The molecule has 2 aliphatic rings. The molecule has 3 heteroatoms. The van der Waals surface area contributed by atoms with Gasteiger partial charge in [-0.05, 0) is 62.5 Å². The van der Waals surface area contributed by atoms with Crippen molar-refractivity contribution in [2.45, 2.75) is 52.0 Å². The van der Waals surface area contributed by atoms with Crippen molar-refractivity contribution in [2.75, 3.05) is 0 Å². The van der Waals surface area contributed by atoms with Crippen LogP contribution in [0.25, 0.3) is 0 Å². The van der Waals surface area contributed by atoms with Gasteiger partial charge in [0, 0.05) is 10.9 Å². The molecule has 0 spiro atoms. The lowest BCUT2D eigenvalue weighted by Crippen LogP contribution is -2.39. The van der Waals surface area contributed by atoms with E-state index in [4.69, 9.17) is 0 Å². The maximum atomic E-state index is 12.2. The molecule has 104 valence electrons. The van der Waals surface area contributed by atoms with Gasteiger partial charge in [-0.2, -0.15) is 0 Å². The van der Waals surface area contributed by atoms with Crippen LogP contribution in [0.1, 0.15) is 54.1 Å². The van der Waals surface area contributed by atoms with Crippen LogP contribution in [0.4, 0.5) is 0 Å². The van der Waals surface area contributed by atoms with E-state index >= 15 is 0 Å². The van der Waals surface area contributed by atoms with E-state index in [1.807, 2.05) is 6.07 Å². The Morgan fingerprint density at radius 2 is 2.26 bits per heavy atom. The highest BCUT2D eigenvalue weighted by molar-refractivity contribution is 7.14. The van der Waals surface area contributed by atoms with Crippen LogP contribution in [-0.2, 0) is 6.42 Å². The molecule has 1 amide bonds. The minimum Gasteiger partial charge on any atom is -0.349 e. The SMILES string of the molecule is CCc1ccc(C(=O)N[C@@H](C)[C@H]2C[C@H]3CC[C@H]2C3)s1. The molecule has 1 heterocycles. The summed E-state index contributed by atoms with van der Waals surface area (Å²) in [5.74, 6) is 2.66. The molecule has 0 unspecified atom stereocenters. The third-order valence-corrected chi connectivity index (χ3v) is 6.26. The number of hydrogen-bond acceptors (Lipinski definition) is 2. The molecule has 3 rings (SSSR count). The quantitative estimate of drug-likeness (QED) is 0.889. The van der Waals surface area contributed by atoms with Gasteiger partial charge in [0.25, 0.3) is 5.91 Å². The Bertz CT molecular complexity index is 467. The first-order chi connectivity index (χ1) is 9.17. The van der Waals surface area contributed by atoms with Crippen molar-refractivity contribution in [3.05, 3.63) is 21.9 Å². The average molecular weight is 277 g/mol. The van der Waals surface area contributed by atoms with Crippen molar-refractivity contribution in [2.24, 2.45) is 17.8 Å². The number of rotatable bonds is 4. The molecule has 1 N–H and O–H groups in total. The van der Waals surface area contributed by atoms with Crippen LogP contribution in [-0.4, -0.2) is 11.9 Å². The van der Waals surface area contributed by atoms with Crippen molar-refractivity contribution in [3.8, 4) is 0 Å². The van der Waals surface area contributed by atoms with Crippen LogP contribution in [0.3, 0.4) is 0 Å². The molecule has 2 nitrogen and oxygen atoms in total. The van der Waals surface area contributed by atoms with Crippen LogP contribution < -0.4 is 5.32 Å². The van der Waals surface area contributed by atoms with E-state index in [-0.39, 0.29) is 5.91 Å². The van der Waals surface area contributed by atoms with Gasteiger partial charge in [0.05, 0.1) is 4.88 Å². The Hall–Kier alpha value is -0.830. The Labute approximate surface area is 119 Å². The highest BCUT2D eigenvalue weighted by Gasteiger charge is 2.42. The van der Waals surface area contributed by atoms with Gasteiger partial charge in [-0.25, -0.2) is 0 Å². The van der Waals surface area contributed by atoms with Crippen molar-refractivity contribution in [1.82, 2.24) is 5.32 Å². The molecule has 19 heavy (non-hydrogen) atoms. The van der Waals surface area contributed by atoms with Gasteiger partial charge in [0.15, 0.2) is 0 Å². The fourth-order valence-corrected chi connectivity index (χ4v) is 4.83. The van der Waals surface area contributed by atoms with Crippen molar-refractivity contribution in [1.29, 1.82) is 0 Å². The number of aryl methyl sites for hydroxylation is 1. The monoisotopic (exact) mass is 277 g/mol. The highest BCUT2D eigenvalue weighted by atomic mass is 32.1.